The molecule has 0 bridgehead atoms. The molecule has 5 rings (SSSR count). The number of ether oxygens (including phenoxy) is 2. The van der Waals surface area contributed by atoms with Crippen molar-refractivity contribution in [2.24, 2.45) is 5.16 Å². The number of benzene rings is 2. The van der Waals surface area contributed by atoms with Gasteiger partial charge in [-0.15, -0.1) is 0 Å². The van der Waals surface area contributed by atoms with Crippen LogP contribution in [-0.4, -0.2) is 126 Å². The second kappa shape index (κ2) is 11.9. The fourth-order valence-electron chi connectivity index (χ4n) is 5.11. The molecular formula is C29H29NO11. The fraction of sp³-hybridized carbons (Fsp3) is 0.414. The lowest BCUT2D eigenvalue weighted by Gasteiger charge is -2.37. The Morgan fingerprint density at radius 3 is 1.37 bits per heavy atom. The van der Waals surface area contributed by atoms with Crippen molar-refractivity contribution in [1.82, 2.24) is 0 Å². The first-order valence-electron chi connectivity index (χ1n) is 12.8. The molecule has 216 valence electrons. The van der Waals surface area contributed by atoms with E-state index in [1.54, 1.807) is 36.4 Å². The Bertz CT molecular complexity index is 1340. The van der Waals surface area contributed by atoms with Gasteiger partial charge in [-0.25, -0.2) is 0 Å². The van der Waals surface area contributed by atoms with Crippen LogP contribution in [0, 0.1) is 23.7 Å². The molecule has 2 heterocycles. The minimum absolute atomic E-state index is 0.253. The largest absolute Gasteiger partial charge is 0.410 e. The average molecular weight is 568 g/mol. The van der Waals surface area contributed by atoms with Crippen LogP contribution in [0.25, 0.3) is 11.1 Å². The van der Waals surface area contributed by atoms with E-state index in [0.717, 1.165) is 11.1 Å². The molecular weight excluding hydrogens is 538 g/mol. The summed E-state index contributed by atoms with van der Waals surface area (Å²) < 4.78 is 10.8. The zero-order valence-electron chi connectivity index (χ0n) is 21.4. The van der Waals surface area contributed by atoms with Gasteiger partial charge < -0.3 is 55.5 Å². The highest BCUT2D eigenvalue weighted by Gasteiger charge is 2.43. The molecule has 10 atom stereocenters. The fourth-order valence-corrected chi connectivity index (χ4v) is 5.11. The van der Waals surface area contributed by atoms with Crippen LogP contribution in [0.5, 0.6) is 0 Å². The summed E-state index contributed by atoms with van der Waals surface area (Å²) in [6, 6.07) is 10.4. The van der Waals surface area contributed by atoms with Crippen molar-refractivity contribution < 1.29 is 55.5 Å². The smallest absolute Gasteiger partial charge is 0.147 e. The highest BCUT2D eigenvalue weighted by Crippen LogP contribution is 2.38. The summed E-state index contributed by atoms with van der Waals surface area (Å²) in [5.41, 5.74) is 3.89. The number of hydrogen-bond donors (Lipinski definition) is 9. The van der Waals surface area contributed by atoms with Crippen molar-refractivity contribution in [3.05, 3.63) is 58.7 Å². The van der Waals surface area contributed by atoms with Gasteiger partial charge in [-0.1, -0.05) is 41.0 Å². The first-order chi connectivity index (χ1) is 19.7. The molecule has 0 spiro atoms. The number of aliphatic hydroxyl groups excluding tert-OH is 8. The maximum absolute atomic E-state index is 10.2. The highest BCUT2D eigenvalue weighted by molar-refractivity contribution is 6.24. The molecule has 0 amide bonds. The van der Waals surface area contributed by atoms with Crippen molar-refractivity contribution in [3.63, 3.8) is 0 Å². The van der Waals surface area contributed by atoms with Gasteiger partial charge in [0.2, 0.25) is 0 Å². The van der Waals surface area contributed by atoms with Crippen LogP contribution in [-0.2, 0) is 9.47 Å². The summed E-state index contributed by atoms with van der Waals surface area (Å²) in [4.78, 5) is 0. The van der Waals surface area contributed by atoms with Crippen molar-refractivity contribution in [2.45, 2.75) is 61.0 Å². The third-order valence-corrected chi connectivity index (χ3v) is 7.44. The van der Waals surface area contributed by atoms with Gasteiger partial charge in [-0.05, 0) is 35.4 Å². The standard InChI is InChI=1S/C29H29NO11/c31-11-21-26(35)28(37)24(33)19(40-21)7-3-13-1-5-15-16-6-2-14(10-18(16)23(30-39)17(15)9-13)4-8-20-25(34)29(38)27(36)22(12-32)41-20/h1-2,5-6,9-10,19-22,24-29,31-39H,11-12H2/b30-23-/t19-,20-,21+,22-,24-,25-,26-,27-,28-,29-/m1/s1. The van der Waals surface area contributed by atoms with E-state index in [0.29, 0.717) is 22.3 Å². The minimum atomic E-state index is -1.54. The summed E-state index contributed by atoms with van der Waals surface area (Å²) in [6.07, 6.45) is -13.5. The van der Waals surface area contributed by atoms with Crippen LogP contribution in [0.3, 0.4) is 0 Å². The summed E-state index contributed by atoms with van der Waals surface area (Å²) in [6.45, 7) is -1.13. The van der Waals surface area contributed by atoms with Crippen LogP contribution in [0.2, 0.25) is 0 Å². The van der Waals surface area contributed by atoms with E-state index in [1.165, 1.54) is 0 Å². The molecule has 2 aromatic rings. The van der Waals surface area contributed by atoms with E-state index in [2.05, 4.69) is 28.8 Å². The van der Waals surface area contributed by atoms with Crippen LogP contribution in [0.1, 0.15) is 22.3 Å². The first kappa shape index (κ1) is 29.1. The topological polar surface area (TPSA) is 213 Å². The van der Waals surface area contributed by atoms with Crippen LogP contribution < -0.4 is 0 Å². The third-order valence-electron chi connectivity index (χ3n) is 7.44. The number of oxime groups is 1. The van der Waals surface area contributed by atoms with Crippen molar-refractivity contribution in [2.75, 3.05) is 13.2 Å². The van der Waals surface area contributed by atoms with Gasteiger partial charge in [0.15, 0.2) is 0 Å². The lowest BCUT2D eigenvalue weighted by atomic mass is 9.95. The minimum Gasteiger partial charge on any atom is -0.410 e. The molecule has 12 nitrogen and oxygen atoms in total. The maximum Gasteiger partial charge on any atom is 0.147 e. The summed E-state index contributed by atoms with van der Waals surface area (Å²) in [7, 11) is 0. The maximum atomic E-state index is 10.2. The monoisotopic (exact) mass is 567 g/mol. The second-order valence-electron chi connectivity index (χ2n) is 10.0. The van der Waals surface area contributed by atoms with Crippen LogP contribution in [0.15, 0.2) is 41.6 Å². The van der Waals surface area contributed by atoms with Gasteiger partial charge in [-0.2, -0.15) is 0 Å². The van der Waals surface area contributed by atoms with Crippen molar-refractivity contribution in [1.29, 1.82) is 0 Å². The molecule has 0 unspecified atom stereocenters. The van der Waals surface area contributed by atoms with E-state index >= 15 is 0 Å². The Balaban J connectivity index is 1.38. The number of rotatable bonds is 2. The quantitative estimate of drug-likeness (QED) is 0.0882. The Morgan fingerprint density at radius 1 is 0.585 bits per heavy atom. The van der Waals surface area contributed by atoms with Gasteiger partial charge in [0, 0.05) is 22.3 Å². The lowest BCUT2D eigenvalue weighted by Crippen LogP contribution is -2.58. The Hall–Kier alpha value is -3.37. The number of hydrogen-bond acceptors (Lipinski definition) is 12. The Morgan fingerprint density at radius 2 is 1.00 bits per heavy atom. The van der Waals surface area contributed by atoms with E-state index in [1.807, 2.05) is 0 Å². The first-order valence-corrected chi connectivity index (χ1v) is 12.8. The predicted octanol–water partition coefficient (Wildman–Crippen LogP) is -2.72. The van der Waals surface area contributed by atoms with E-state index in [9.17, 15) is 46.1 Å². The SMILES string of the molecule is OC[C@@H]1O[C@H](C#Cc2ccc3c(c2)/C(=N/O)c2cc(C#C[C@H]4O[C@H](CO)[C@@H](O)[C@H](O)[C@@H]4O)ccc2-3)[C@@H](O)[C@@H](O)[C@@H]1O. The average Bonchev–Trinajstić information content (AvgIpc) is 3.30. The molecule has 2 fully saturated rings. The molecule has 41 heavy (non-hydrogen) atoms. The Kier molecular flexibility index (Phi) is 8.42. The summed E-state index contributed by atoms with van der Waals surface area (Å²) in [5, 5.41) is 92.4. The zero-order valence-corrected chi connectivity index (χ0v) is 21.4. The van der Waals surface area contributed by atoms with Crippen LogP contribution in [0.4, 0.5) is 0 Å². The molecule has 2 saturated heterocycles. The molecule has 3 aliphatic rings. The lowest BCUT2D eigenvalue weighted by molar-refractivity contribution is -0.214. The number of aliphatic hydroxyl groups is 8. The molecule has 2 aromatic carbocycles. The number of nitrogens with zero attached hydrogens (tertiary/aromatic N) is 1. The van der Waals surface area contributed by atoms with E-state index in [-0.39, 0.29) is 5.71 Å². The Labute approximate surface area is 234 Å². The van der Waals surface area contributed by atoms with Gasteiger partial charge in [0.1, 0.15) is 66.8 Å². The predicted molar refractivity (Wildman–Crippen MR) is 141 cm³/mol. The molecule has 0 aromatic heterocycles. The van der Waals surface area contributed by atoms with Gasteiger partial charge in [0.25, 0.3) is 0 Å². The van der Waals surface area contributed by atoms with Gasteiger partial charge >= 0.3 is 0 Å². The van der Waals surface area contributed by atoms with E-state index in [4.69, 9.17) is 9.47 Å². The molecule has 0 radical (unpaired) electrons. The zero-order chi connectivity index (χ0) is 29.4. The number of fused-ring (bicyclic) bond motifs is 3. The second-order valence-corrected chi connectivity index (χ2v) is 10.0. The molecule has 1 aliphatic carbocycles. The normalized spacial score (nSPS) is 35.1. The molecule has 2 aliphatic heterocycles. The summed E-state index contributed by atoms with van der Waals surface area (Å²) in [5.74, 6) is 11.1. The van der Waals surface area contributed by atoms with E-state index < -0.39 is 74.3 Å². The summed E-state index contributed by atoms with van der Waals surface area (Å²) >= 11 is 0. The third kappa shape index (κ3) is 5.35. The van der Waals surface area contributed by atoms with Crippen molar-refractivity contribution >= 4 is 5.71 Å². The molecule has 12 heteroatoms. The van der Waals surface area contributed by atoms with Crippen LogP contribution >= 0.6 is 0 Å². The van der Waals surface area contributed by atoms with Crippen molar-refractivity contribution in [3.8, 4) is 34.8 Å². The molecule has 9 N–H and O–H groups in total. The molecule has 0 saturated carbocycles. The highest BCUT2D eigenvalue weighted by atomic mass is 16.5. The van der Waals surface area contributed by atoms with Gasteiger partial charge in [0.05, 0.1) is 13.2 Å². The van der Waals surface area contributed by atoms with Gasteiger partial charge in [-0.3, -0.25) is 0 Å².